The Morgan fingerprint density at radius 1 is 0.944 bits per heavy atom. The van der Waals surface area contributed by atoms with Gasteiger partial charge < -0.3 is 0 Å². The molecule has 2 unspecified atom stereocenters. The second-order valence-corrected chi connectivity index (χ2v) is 10.6. The lowest BCUT2D eigenvalue weighted by molar-refractivity contribution is 0.620. The van der Waals surface area contributed by atoms with Crippen LogP contribution in [0.3, 0.4) is 0 Å². The predicted molar refractivity (Wildman–Crippen MR) is 157 cm³/mol. The summed E-state index contributed by atoms with van der Waals surface area (Å²) in [5.74, 6) is 0.573. The van der Waals surface area contributed by atoms with Gasteiger partial charge in [-0.2, -0.15) is 0 Å². The molecule has 0 saturated heterocycles. The molecule has 36 heavy (non-hydrogen) atoms. The van der Waals surface area contributed by atoms with Gasteiger partial charge in [0.1, 0.15) is 0 Å². The minimum atomic E-state index is 0.277. The summed E-state index contributed by atoms with van der Waals surface area (Å²) in [6.07, 6.45) is 9.14. The first-order valence-electron chi connectivity index (χ1n) is 13.5. The monoisotopic (exact) mass is 470 g/mol. The molecule has 0 spiro atoms. The van der Waals surface area contributed by atoms with E-state index in [0.29, 0.717) is 5.92 Å². The summed E-state index contributed by atoms with van der Waals surface area (Å²) in [6, 6.07) is 22.4. The third-order valence-corrected chi connectivity index (χ3v) is 8.18. The second-order valence-electron chi connectivity index (χ2n) is 10.6. The minimum absolute atomic E-state index is 0.277. The Kier molecular flexibility index (Phi) is 6.71. The third kappa shape index (κ3) is 4.13. The molecule has 0 aromatic heterocycles. The van der Waals surface area contributed by atoms with E-state index in [0.717, 1.165) is 25.7 Å². The largest absolute Gasteiger partial charge is 0.0958 e. The average Bonchev–Trinajstić information content (AvgIpc) is 3.18. The zero-order valence-electron chi connectivity index (χ0n) is 22.3. The molecule has 0 amide bonds. The lowest BCUT2D eigenvalue weighted by atomic mass is 9.68. The Hall–Kier alpha value is -3.38. The molecule has 182 valence electrons. The Morgan fingerprint density at radius 3 is 2.44 bits per heavy atom. The van der Waals surface area contributed by atoms with Gasteiger partial charge in [-0.25, -0.2) is 0 Å². The molecular weight excluding hydrogens is 432 g/mol. The van der Waals surface area contributed by atoms with Gasteiger partial charge in [0.2, 0.25) is 0 Å². The van der Waals surface area contributed by atoms with Crippen LogP contribution >= 0.6 is 0 Å². The molecule has 5 rings (SSSR count). The number of benzene rings is 3. The molecule has 0 nitrogen and oxygen atoms in total. The maximum absolute atomic E-state index is 4.76. The summed E-state index contributed by atoms with van der Waals surface area (Å²) in [5, 5.41) is 2.65. The summed E-state index contributed by atoms with van der Waals surface area (Å²) >= 11 is 0. The fourth-order valence-electron chi connectivity index (χ4n) is 6.60. The van der Waals surface area contributed by atoms with Crippen LogP contribution in [0.15, 0.2) is 113 Å². The van der Waals surface area contributed by atoms with E-state index >= 15 is 0 Å². The lowest BCUT2D eigenvalue weighted by Crippen LogP contribution is -2.21. The van der Waals surface area contributed by atoms with Gasteiger partial charge in [0.05, 0.1) is 0 Å². The van der Waals surface area contributed by atoms with Crippen LogP contribution < -0.4 is 0 Å². The van der Waals surface area contributed by atoms with Crippen molar-refractivity contribution < 1.29 is 0 Å². The smallest absolute Gasteiger partial charge is 0.0203 e. The Labute approximate surface area is 217 Å². The van der Waals surface area contributed by atoms with Crippen LogP contribution in [-0.4, -0.2) is 0 Å². The Balaban J connectivity index is 1.67. The highest BCUT2D eigenvalue weighted by atomic mass is 14.4. The zero-order chi connectivity index (χ0) is 25.4. The predicted octanol–water partition coefficient (Wildman–Crippen LogP) is 9.93. The third-order valence-electron chi connectivity index (χ3n) is 8.18. The maximum atomic E-state index is 4.76. The quantitative estimate of drug-likeness (QED) is 0.336. The number of hydrogen-bond donors (Lipinski definition) is 0. The number of hydrogen-bond acceptors (Lipinski definition) is 0. The van der Waals surface area contributed by atoms with Gasteiger partial charge in [-0.05, 0) is 88.4 Å². The maximum Gasteiger partial charge on any atom is 0.0203 e. The first kappa shape index (κ1) is 24.3. The molecule has 1 saturated carbocycles. The normalized spacial score (nSPS) is 20.7. The molecule has 2 aliphatic rings. The number of rotatable bonds is 6. The minimum Gasteiger partial charge on any atom is -0.0958 e. The summed E-state index contributed by atoms with van der Waals surface area (Å²) in [6.45, 7) is 18.1. The summed E-state index contributed by atoms with van der Waals surface area (Å²) in [5.41, 5.74) is 13.8. The van der Waals surface area contributed by atoms with E-state index in [1.54, 1.807) is 0 Å². The highest BCUT2D eigenvalue weighted by molar-refractivity contribution is 5.93. The van der Waals surface area contributed by atoms with Gasteiger partial charge in [-0.3, -0.25) is 0 Å². The van der Waals surface area contributed by atoms with Crippen molar-refractivity contribution in [1.82, 2.24) is 0 Å². The van der Waals surface area contributed by atoms with Crippen molar-refractivity contribution in [3.05, 3.63) is 136 Å². The van der Waals surface area contributed by atoms with Crippen LogP contribution in [0.2, 0.25) is 0 Å². The van der Waals surface area contributed by atoms with Crippen LogP contribution in [0, 0.1) is 5.92 Å². The van der Waals surface area contributed by atoms with Crippen molar-refractivity contribution in [1.29, 1.82) is 0 Å². The average molecular weight is 471 g/mol. The molecule has 2 aliphatic carbocycles. The van der Waals surface area contributed by atoms with Crippen LogP contribution in [0.4, 0.5) is 0 Å². The van der Waals surface area contributed by atoms with Crippen molar-refractivity contribution in [2.75, 3.05) is 0 Å². The van der Waals surface area contributed by atoms with Crippen molar-refractivity contribution in [3.63, 3.8) is 0 Å². The number of allylic oxidation sites excluding steroid dienone is 7. The summed E-state index contributed by atoms with van der Waals surface area (Å²) < 4.78 is 0. The van der Waals surface area contributed by atoms with E-state index in [2.05, 4.69) is 107 Å². The molecule has 0 bridgehead atoms. The first-order valence-corrected chi connectivity index (χ1v) is 13.5. The Morgan fingerprint density at radius 2 is 1.69 bits per heavy atom. The summed E-state index contributed by atoms with van der Waals surface area (Å²) in [4.78, 5) is 0. The van der Waals surface area contributed by atoms with Crippen molar-refractivity contribution in [2.24, 2.45) is 5.92 Å². The number of fused-ring (bicyclic) bond motifs is 2. The molecule has 2 atom stereocenters. The molecular formula is C36H38. The van der Waals surface area contributed by atoms with Crippen molar-refractivity contribution in [2.45, 2.75) is 59.3 Å². The van der Waals surface area contributed by atoms with E-state index in [1.807, 2.05) is 0 Å². The SMILES string of the molecule is C=C(C)C1=C(C)C=C2C/C(=C\c3c(CCC)ccc4ccccc34)C(=C)C2C1c1ccccc1CC. The summed E-state index contributed by atoms with van der Waals surface area (Å²) in [7, 11) is 0. The second kappa shape index (κ2) is 9.94. The van der Waals surface area contributed by atoms with Crippen molar-refractivity contribution in [3.8, 4) is 0 Å². The molecule has 0 aliphatic heterocycles. The standard InChI is InChI=1S/C36H38/c1-7-13-27-18-19-28-15-10-11-16-31(28)33(27)22-29-21-30-20-24(5)34(23(3)4)36(35(30)25(29)6)32-17-12-9-14-26(32)8-2/h9-12,14-20,22,35-36H,3,6-8,13,21H2,1-2,4-5H3/b29-22+. The molecule has 1 fully saturated rings. The fourth-order valence-corrected chi connectivity index (χ4v) is 6.60. The molecule has 0 heteroatoms. The van der Waals surface area contributed by atoms with Crippen LogP contribution in [0.5, 0.6) is 0 Å². The van der Waals surface area contributed by atoms with Crippen molar-refractivity contribution >= 4 is 16.8 Å². The Bertz CT molecular complexity index is 1450. The van der Waals surface area contributed by atoms with Crippen LogP contribution in [0.25, 0.3) is 16.8 Å². The lowest BCUT2D eigenvalue weighted by Gasteiger charge is -2.35. The van der Waals surface area contributed by atoms with E-state index in [-0.39, 0.29) is 5.92 Å². The van der Waals surface area contributed by atoms with Gasteiger partial charge >= 0.3 is 0 Å². The molecule has 0 radical (unpaired) electrons. The van der Waals surface area contributed by atoms with Crippen LogP contribution in [-0.2, 0) is 12.8 Å². The highest BCUT2D eigenvalue weighted by Crippen LogP contribution is 2.55. The fraction of sp³-hybridized carbons (Fsp3) is 0.278. The van der Waals surface area contributed by atoms with E-state index < -0.39 is 0 Å². The van der Waals surface area contributed by atoms with E-state index in [4.69, 9.17) is 6.58 Å². The van der Waals surface area contributed by atoms with Gasteiger partial charge in [-0.15, -0.1) is 0 Å². The first-order chi connectivity index (χ1) is 17.4. The topological polar surface area (TPSA) is 0 Å². The molecule has 0 N–H and O–H groups in total. The zero-order valence-corrected chi connectivity index (χ0v) is 22.3. The van der Waals surface area contributed by atoms with Gasteiger partial charge in [0, 0.05) is 11.8 Å². The molecule has 3 aromatic rings. The molecule has 3 aromatic carbocycles. The number of aryl methyl sites for hydroxylation is 2. The van der Waals surface area contributed by atoms with Gasteiger partial charge in [0.25, 0.3) is 0 Å². The van der Waals surface area contributed by atoms with E-state index in [1.165, 1.54) is 66.5 Å². The molecule has 0 heterocycles. The highest BCUT2D eigenvalue weighted by Gasteiger charge is 2.41. The van der Waals surface area contributed by atoms with Gasteiger partial charge in [-0.1, -0.05) is 117 Å². The van der Waals surface area contributed by atoms with Crippen LogP contribution in [0.1, 0.15) is 68.7 Å². The van der Waals surface area contributed by atoms with E-state index in [9.17, 15) is 0 Å². The van der Waals surface area contributed by atoms with Gasteiger partial charge in [0.15, 0.2) is 0 Å².